The molecule has 0 radical (unpaired) electrons. The summed E-state index contributed by atoms with van der Waals surface area (Å²) in [4.78, 5) is 77.0. The summed E-state index contributed by atoms with van der Waals surface area (Å²) in [6.45, 7) is 4.22. The molecule has 11 heterocycles. The zero-order chi connectivity index (χ0) is 78.7. The number of carbonyl (C=O) groups is 5. The Labute approximate surface area is 662 Å². The van der Waals surface area contributed by atoms with Gasteiger partial charge in [-0.05, 0) is 252 Å². The lowest BCUT2D eigenvalue weighted by Crippen LogP contribution is -2.23. The van der Waals surface area contributed by atoms with Crippen LogP contribution in [-0.4, -0.2) is 97.7 Å². The minimum absolute atomic E-state index is 0.0165. The second kappa shape index (κ2) is 31.8. The normalized spacial score (nSPS) is 13.9. The van der Waals surface area contributed by atoms with E-state index in [2.05, 4.69) is 86.5 Å². The molecule has 9 N–H and O–H groups in total. The second-order valence-electron chi connectivity index (χ2n) is 28.8. The van der Waals surface area contributed by atoms with E-state index in [0.29, 0.717) is 49.6 Å². The number of rotatable bonds is 21. The molecule has 8 aromatic carbocycles. The highest BCUT2D eigenvalue weighted by atomic mass is 32.2. The monoisotopic (exact) mass is 1540 g/mol. The number of nitrogens with one attached hydrogen (secondary N) is 9. The van der Waals surface area contributed by atoms with E-state index in [-0.39, 0.29) is 40.9 Å². The van der Waals surface area contributed by atoms with Crippen molar-refractivity contribution in [2.45, 2.75) is 50.5 Å². The number of anilines is 7. The largest absolute Gasteiger partial charge is 0.378 e. The van der Waals surface area contributed by atoms with Crippen LogP contribution in [0.4, 0.5) is 39.8 Å². The average Bonchev–Trinajstić information content (AvgIpc) is 1.60. The second-order valence-corrected chi connectivity index (χ2v) is 30.6. The number of aromatic nitrogens is 7. The van der Waals surface area contributed by atoms with Gasteiger partial charge in [0.15, 0.2) is 22.7 Å². The Balaban J connectivity index is 0.000000125. The highest BCUT2D eigenvalue weighted by Crippen LogP contribution is 2.35. The number of ketones is 1. The first-order chi connectivity index (χ1) is 56.1. The number of nitrogens with zero attached hydrogens (tertiary/aromatic N) is 8. The maximum Gasteiger partial charge on any atom is 0.251 e. The van der Waals surface area contributed by atoms with E-state index < -0.39 is 10.0 Å². The molecule has 0 spiro atoms. The lowest BCUT2D eigenvalue weighted by Gasteiger charge is -2.14. The quantitative estimate of drug-likeness (QED) is 0.0302. The van der Waals surface area contributed by atoms with Crippen molar-refractivity contribution in [2.24, 2.45) is 5.92 Å². The number of amides is 4. The standard InChI is InChI=1S/C33H26N6O2.C30H28N6O3S.C27H25N5O2/c40-32(35-20-22-4-3-5-27(18-22)38-15-1-2-16-38)23-6-9-26(10-7-23)37-29-12-13-30(39-17-14-34-31(29)39)24-8-11-28-25(19-24)21-36-33(28)41;1-35(2)24-8-3-20(4-9-24)18-33-40(38,39)25-10-6-23(7-11-25)34-27-13-14-28(36-16-15-31-29(27)36)21-5-12-26-22(17-21)19-32-30(26)37;33-25(13-17-9-10-28-15-17)18-1-4-21(5-2-18)31-23-7-8-24(32-12-11-29-26(23)32)19-3-6-22-20(14-19)16-30-27(22)34/h1-19,37H,20-21H2,(H,35,40)(H,36,41);3-17,33-34H,18-19H2,1-2H3,(H,32,37);1-8,11-12,14,17,28,31H,9-10,13,15-16H2,(H,30,34). The molecule has 1 saturated heterocycles. The van der Waals surface area contributed by atoms with Gasteiger partial charge in [-0.1, -0.05) is 42.5 Å². The lowest BCUT2D eigenvalue weighted by molar-refractivity contribution is 0.0945. The molecule has 1 fully saturated rings. The Morgan fingerprint density at radius 2 is 0.939 bits per heavy atom. The van der Waals surface area contributed by atoms with Gasteiger partial charge in [0.1, 0.15) is 0 Å². The predicted molar refractivity (Wildman–Crippen MR) is 446 cm³/mol. The van der Waals surface area contributed by atoms with Crippen LogP contribution in [-0.2, 0) is 42.7 Å². The first-order valence-electron chi connectivity index (χ1n) is 37.8. The molecule has 115 heavy (non-hydrogen) atoms. The first kappa shape index (κ1) is 73.5. The van der Waals surface area contributed by atoms with Crippen molar-refractivity contribution in [1.29, 1.82) is 0 Å². The first-order valence-corrected chi connectivity index (χ1v) is 39.3. The molecule has 4 aliphatic rings. The molecule has 572 valence electrons. The predicted octanol–water partition coefficient (Wildman–Crippen LogP) is 14.4. The van der Waals surface area contributed by atoms with Crippen molar-refractivity contribution < 1.29 is 32.4 Å². The summed E-state index contributed by atoms with van der Waals surface area (Å²) in [6, 6.07) is 71.2. The molecule has 0 aliphatic carbocycles. The van der Waals surface area contributed by atoms with Crippen molar-refractivity contribution >= 4 is 96.2 Å². The fourth-order valence-corrected chi connectivity index (χ4v) is 15.9. The third-order valence-electron chi connectivity index (χ3n) is 21.1. The topological polar surface area (TPSA) is 288 Å². The third kappa shape index (κ3) is 15.8. The van der Waals surface area contributed by atoms with E-state index in [4.69, 9.17) is 0 Å². The van der Waals surface area contributed by atoms with Crippen molar-refractivity contribution in [1.82, 2.24) is 64.0 Å². The highest BCUT2D eigenvalue weighted by Gasteiger charge is 2.25. The van der Waals surface area contributed by atoms with Crippen molar-refractivity contribution in [3.05, 3.63) is 330 Å². The molecule has 4 amide bonds. The number of imidazole rings is 3. The third-order valence-corrected chi connectivity index (χ3v) is 22.5. The van der Waals surface area contributed by atoms with Crippen LogP contribution < -0.4 is 52.2 Å². The van der Waals surface area contributed by atoms with E-state index >= 15 is 0 Å². The number of sulfonamides is 1. The van der Waals surface area contributed by atoms with E-state index in [0.717, 1.165) is 160 Å². The summed E-state index contributed by atoms with van der Waals surface area (Å²) < 4.78 is 36.5. The van der Waals surface area contributed by atoms with E-state index in [1.807, 2.05) is 244 Å². The summed E-state index contributed by atoms with van der Waals surface area (Å²) in [5.41, 5.74) is 23.8. The van der Waals surface area contributed by atoms with Gasteiger partial charge < -0.3 is 52.0 Å². The maximum absolute atomic E-state index is 12.9. The van der Waals surface area contributed by atoms with Crippen LogP contribution in [0, 0.1) is 5.92 Å². The molecule has 0 saturated carbocycles. The van der Waals surface area contributed by atoms with Crippen molar-refractivity contribution in [3.8, 4) is 39.5 Å². The molecule has 15 aromatic rings. The van der Waals surface area contributed by atoms with Gasteiger partial charge in [0.25, 0.3) is 23.6 Å². The summed E-state index contributed by atoms with van der Waals surface area (Å²) in [7, 11) is 0.245. The summed E-state index contributed by atoms with van der Waals surface area (Å²) >= 11 is 0. The van der Waals surface area contributed by atoms with E-state index in [1.165, 1.54) is 0 Å². The molecule has 4 aliphatic heterocycles. The van der Waals surface area contributed by atoms with E-state index in [1.54, 1.807) is 42.9 Å². The molecule has 7 aromatic heterocycles. The van der Waals surface area contributed by atoms with Gasteiger partial charge in [-0.3, -0.25) is 37.2 Å². The number of hydrogen-bond donors (Lipinski definition) is 9. The van der Waals surface area contributed by atoms with Crippen LogP contribution in [0.2, 0.25) is 0 Å². The van der Waals surface area contributed by atoms with Gasteiger partial charge in [0.2, 0.25) is 10.0 Å². The van der Waals surface area contributed by atoms with Crippen LogP contribution in [0.15, 0.2) is 279 Å². The zero-order valence-electron chi connectivity index (χ0n) is 62.8. The Morgan fingerprint density at radius 3 is 1.39 bits per heavy atom. The zero-order valence-corrected chi connectivity index (χ0v) is 63.6. The Bertz CT molecular complexity index is 6350. The molecular formula is C90H79N17O7S. The average molecular weight is 1540 g/mol. The molecule has 19 rings (SSSR count). The van der Waals surface area contributed by atoms with Gasteiger partial charge in [-0.15, -0.1) is 0 Å². The number of Topliss-reactive ketones (excluding diaryl/α,β-unsaturated/α-hetero) is 1. The van der Waals surface area contributed by atoms with E-state index in [9.17, 15) is 32.4 Å². The smallest absolute Gasteiger partial charge is 0.251 e. The van der Waals surface area contributed by atoms with Crippen LogP contribution in [0.1, 0.15) is 92.4 Å². The molecule has 24 nitrogen and oxygen atoms in total. The summed E-state index contributed by atoms with van der Waals surface area (Å²) in [5.74, 6) is 0.428. The summed E-state index contributed by atoms with van der Waals surface area (Å²) in [5, 5.41) is 25.1. The van der Waals surface area contributed by atoms with Gasteiger partial charge in [-0.2, -0.15) is 0 Å². The van der Waals surface area contributed by atoms with Gasteiger partial charge in [0, 0.05) is 159 Å². The summed E-state index contributed by atoms with van der Waals surface area (Å²) in [6.07, 6.45) is 16.7. The minimum atomic E-state index is -3.67. The van der Waals surface area contributed by atoms with Gasteiger partial charge in [0.05, 0.1) is 39.0 Å². The van der Waals surface area contributed by atoms with Crippen molar-refractivity contribution in [2.75, 3.05) is 48.0 Å². The Kier molecular flexibility index (Phi) is 20.4. The SMILES string of the molecule is CN(C)c1ccc(CNS(=O)(=O)c2ccc(Nc3ccc(-c4ccc5c(c4)CNC5=O)n4ccnc34)cc2)cc1.O=C(CC1CCNC1)c1ccc(Nc2ccc(-c3ccc4c(c3)CNC4=O)n3ccnc23)cc1.O=C(NCc1cccc(-n2cccc2)c1)c1ccc(Nc2ccc(-c3ccc4c(c3)CNC4=O)n3ccnc23)cc1. The Hall–Kier alpha value is -14.3. The van der Waals surface area contributed by atoms with Crippen LogP contribution in [0.5, 0.6) is 0 Å². The number of pyridine rings is 3. The van der Waals surface area contributed by atoms with Gasteiger partial charge >= 0.3 is 0 Å². The van der Waals surface area contributed by atoms with Crippen LogP contribution >= 0.6 is 0 Å². The number of benzene rings is 8. The highest BCUT2D eigenvalue weighted by molar-refractivity contribution is 7.89. The van der Waals surface area contributed by atoms with Crippen LogP contribution in [0.3, 0.4) is 0 Å². The molecular weight excluding hydrogens is 1460 g/mol. The lowest BCUT2D eigenvalue weighted by atomic mass is 9.97. The fourth-order valence-electron chi connectivity index (χ4n) is 14.9. The number of hydrogen-bond acceptors (Lipinski definition) is 15. The molecule has 0 bridgehead atoms. The fraction of sp³-hybridized carbons (Fsp3) is 0.133. The van der Waals surface area contributed by atoms with Crippen molar-refractivity contribution in [3.63, 3.8) is 0 Å². The van der Waals surface area contributed by atoms with Crippen LogP contribution in [0.25, 0.3) is 56.4 Å². The number of carbonyl (C=O) groups excluding carboxylic acids is 5. The Morgan fingerprint density at radius 1 is 0.478 bits per heavy atom. The molecule has 1 atom stereocenters. The molecule has 1 unspecified atom stereocenters. The maximum atomic E-state index is 12.9. The number of fused-ring (bicyclic) bond motifs is 6. The minimum Gasteiger partial charge on any atom is -0.378 e. The van der Waals surface area contributed by atoms with Gasteiger partial charge in [-0.25, -0.2) is 28.1 Å². The molecule has 25 heteroatoms.